The Labute approximate surface area is 299 Å². The Bertz CT molecular complexity index is 3170. The highest BCUT2D eigenvalue weighted by Crippen LogP contribution is 2.52. The Hall–Kier alpha value is -6.97. The molecule has 3 nitrogen and oxygen atoms in total. The summed E-state index contributed by atoms with van der Waals surface area (Å²) in [5.41, 5.74) is 12.9. The van der Waals surface area contributed by atoms with Crippen molar-refractivity contribution in [3.05, 3.63) is 197 Å². The molecule has 0 N–H and O–H groups in total. The highest BCUT2D eigenvalue weighted by atomic mass is 14.8. The molecule has 0 unspecified atom stereocenters. The van der Waals surface area contributed by atoms with Gasteiger partial charge in [-0.15, -0.1) is 0 Å². The predicted molar refractivity (Wildman–Crippen MR) is 212 cm³/mol. The summed E-state index contributed by atoms with van der Waals surface area (Å²) in [5, 5.41) is 9.06. The zero-order valence-electron chi connectivity index (χ0n) is 28.1. The van der Waals surface area contributed by atoms with E-state index in [0.29, 0.717) is 0 Å². The molecule has 2 aliphatic rings. The second kappa shape index (κ2) is 11.3. The van der Waals surface area contributed by atoms with E-state index in [2.05, 4.69) is 170 Å². The van der Waals surface area contributed by atoms with Crippen LogP contribution >= 0.6 is 0 Å². The van der Waals surface area contributed by atoms with Crippen molar-refractivity contribution in [3.63, 3.8) is 0 Å². The minimum atomic E-state index is 0.923. The molecular weight excluding hydrogens is 631 g/mol. The lowest BCUT2D eigenvalue weighted by Gasteiger charge is -2.21. The van der Waals surface area contributed by atoms with Crippen molar-refractivity contribution in [1.29, 1.82) is 0 Å². The van der Waals surface area contributed by atoms with Crippen molar-refractivity contribution in [3.8, 4) is 55.8 Å². The van der Waals surface area contributed by atoms with Crippen LogP contribution in [0.25, 0.3) is 77.3 Å². The van der Waals surface area contributed by atoms with Gasteiger partial charge in [0.15, 0.2) is 0 Å². The van der Waals surface area contributed by atoms with E-state index in [1.54, 1.807) is 0 Å². The van der Waals surface area contributed by atoms with Gasteiger partial charge in [-0.3, -0.25) is 4.98 Å². The molecule has 0 atom stereocenters. The molecule has 0 saturated heterocycles. The quantitative estimate of drug-likeness (QED) is 0.173. The lowest BCUT2D eigenvalue weighted by atomic mass is 9.83. The van der Waals surface area contributed by atoms with Gasteiger partial charge in [-0.2, -0.15) is 0 Å². The fourth-order valence-corrected chi connectivity index (χ4v) is 8.31. The van der Waals surface area contributed by atoms with Crippen LogP contribution in [0.1, 0.15) is 0 Å². The first-order valence-corrected chi connectivity index (χ1v) is 17.7. The Morgan fingerprint density at radius 1 is 0.365 bits per heavy atom. The average Bonchev–Trinajstić information content (AvgIpc) is 3.78. The van der Waals surface area contributed by atoms with Crippen molar-refractivity contribution < 1.29 is 0 Å². The molecule has 0 aliphatic carbocycles. The molecule has 3 heteroatoms. The maximum atomic E-state index is 5.33. The van der Waals surface area contributed by atoms with Crippen LogP contribution in [0.5, 0.6) is 0 Å². The van der Waals surface area contributed by atoms with E-state index in [9.17, 15) is 0 Å². The molecule has 11 rings (SSSR count). The van der Waals surface area contributed by atoms with Gasteiger partial charge < -0.3 is 0 Å². The summed E-state index contributed by atoms with van der Waals surface area (Å²) in [5.74, 6) is 0. The fraction of sp³-hybridized carbons (Fsp3) is 0. The SMILES string of the molecule is c1ccc(-c2ccc3c(c2-c2ncccc2-c2c(-c4ccccc4)ccc4cc5ccccc5cc24)-c2c4c(ccc2=N3)=c2ccccc2=N4)cc1. The van der Waals surface area contributed by atoms with E-state index in [0.717, 1.165) is 71.6 Å². The molecule has 0 radical (unpaired) electrons. The molecule has 3 heterocycles. The molecule has 0 bridgehead atoms. The third-order valence-electron chi connectivity index (χ3n) is 10.6. The second-order valence-electron chi connectivity index (χ2n) is 13.5. The van der Waals surface area contributed by atoms with Crippen LogP contribution in [0.3, 0.4) is 0 Å². The van der Waals surface area contributed by atoms with Crippen LogP contribution in [0.4, 0.5) is 11.4 Å². The van der Waals surface area contributed by atoms with E-state index >= 15 is 0 Å². The van der Waals surface area contributed by atoms with E-state index in [1.165, 1.54) is 38.2 Å². The van der Waals surface area contributed by atoms with Gasteiger partial charge in [-0.05, 0) is 91.8 Å². The Morgan fingerprint density at radius 3 is 1.87 bits per heavy atom. The Balaban J connectivity index is 1.28. The smallest absolute Gasteiger partial charge is 0.0817 e. The van der Waals surface area contributed by atoms with Crippen molar-refractivity contribution in [2.45, 2.75) is 0 Å². The van der Waals surface area contributed by atoms with Gasteiger partial charge in [0, 0.05) is 38.9 Å². The number of hydrogen-bond donors (Lipinski definition) is 0. The number of para-hydroxylation sites is 1. The number of rotatable bonds is 4. The molecule has 9 aromatic rings. The van der Waals surface area contributed by atoms with Crippen LogP contribution in [0.15, 0.2) is 186 Å². The van der Waals surface area contributed by atoms with Gasteiger partial charge in [0.25, 0.3) is 0 Å². The largest absolute Gasteiger partial charge is 0.256 e. The van der Waals surface area contributed by atoms with Crippen LogP contribution < -0.4 is 10.7 Å². The number of benzene rings is 8. The summed E-state index contributed by atoms with van der Waals surface area (Å²) >= 11 is 0. The molecule has 240 valence electrons. The first-order valence-electron chi connectivity index (χ1n) is 17.7. The first kappa shape index (κ1) is 28.8. The van der Waals surface area contributed by atoms with Crippen LogP contribution in [0.2, 0.25) is 0 Å². The van der Waals surface area contributed by atoms with Crippen molar-refractivity contribution in [2.75, 3.05) is 0 Å². The van der Waals surface area contributed by atoms with Gasteiger partial charge in [0.05, 0.1) is 27.8 Å². The lowest BCUT2D eigenvalue weighted by Crippen LogP contribution is -2.02. The van der Waals surface area contributed by atoms with E-state index in [-0.39, 0.29) is 0 Å². The van der Waals surface area contributed by atoms with Gasteiger partial charge in [-0.1, -0.05) is 127 Å². The maximum Gasteiger partial charge on any atom is 0.0817 e. The molecular formula is C49H29N3. The zero-order chi connectivity index (χ0) is 34.2. The summed E-state index contributed by atoms with van der Waals surface area (Å²) in [7, 11) is 0. The zero-order valence-corrected chi connectivity index (χ0v) is 28.1. The van der Waals surface area contributed by atoms with Crippen LogP contribution in [-0.2, 0) is 0 Å². The predicted octanol–water partition coefficient (Wildman–Crippen LogP) is 11.5. The highest BCUT2D eigenvalue weighted by molar-refractivity contribution is 6.13. The topological polar surface area (TPSA) is 37.6 Å². The van der Waals surface area contributed by atoms with Crippen LogP contribution in [0, 0.1) is 10.4 Å². The highest BCUT2D eigenvalue weighted by Gasteiger charge is 2.29. The summed E-state index contributed by atoms with van der Waals surface area (Å²) in [4.78, 5) is 15.8. The monoisotopic (exact) mass is 659 g/mol. The van der Waals surface area contributed by atoms with Gasteiger partial charge >= 0.3 is 0 Å². The first-order chi connectivity index (χ1) is 25.8. The molecule has 1 aromatic heterocycles. The van der Waals surface area contributed by atoms with E-state index in [1.807, 2.05) is 6.20 Å². The molecule has 0 saturated carbocycles. The molecule has 0 spiro atoms. The average molecular weight is 660 g/mol. The molecule has 0 fully saturated rings. The van der Waals surface area contributed by atoms with Crippen molar-refractivity contribution in [1.82, 2.24) is 4.98 Å². The molecule has 0 amide bonds. The van der Waals surface area contributed by atoms with E-state index in [4.69, 9.17) is 15.0 Å². The summed E-state index contributed by atoms with van der Waals surface area (Å²) in [6.07, 6.45) is 1.93. The van der Waals surface area contributed by atoms with Crippen molar-refractivity contribution in [2.24, 2.45) is 9.98 Å². The fourth-order valence-electron chi connectivity index (χ4n) is 8.31. The minimum absolute atomic E-state index is 0.923. The number of pyridine rings is 1. The molecule has 52 heavy (non-hydrogen) atoms. The number of hydrogen-bond acceptors (Lipinski definition) is 3. The summed E-state index contributed by atoms with van der Waals surface area (Å²) in [6, 6.07) is 60.7. The third-order valence-corrected chi connectivity index (χ3v) is 10.6. The molecule has 8 aromatic carbocycles. The third kappa shape index (κ3) is 4.30. The van der Waals surface area contributed by atoms with Gasteiger partial charge in [0.2, 0.25) is 0 Å². The van der Waals surface area contributed by atoms with Gasteiger partial charge in [0.1, 0.15) is 0 Å². The van der Waals surface area contributed by atoms with Gasteiger partial charge in [-0.25, -0.2) is 9.98 Å². The normalized spacial score (nSPS) is 12.2. The second-order valence-corrected chi connectivity index (χ2v) is 13.5. The summed E-state index contributed by atoms with van der Waals surface area (Å²) in [6.45, 7) is 0. The van der Waals surface area contributed by atoms with Crippen molar-refractivity contribution >= 4 is 32.9 Å². The Kier molecular flexibility index (Phi) is 6.25. The van der Waals surface area contributed by atoms with Crippen LogP contribution in [-0.4, -0.2) is 4.98 Å². The summed E-state index contributed by atoms with van der Waals surface area (Å²) < 4.78 is 0. The molecule has 2 aliphatic heterocycles. The number of fused-ring (bicyclic) bond motifs is 8. The Morgan fingerprint density at radius 2 is 1.06 bits per heavy atom. The van der Waals surface area contributed by atoms with E-state index < -0.39 is 0 Å². The number of aromatic nitrogens is 1. The lowest BCUT2D eigenvalue weighted by molar-refractivity contribution is 1.33. The maximum absolute atomic E-state index is 5.33. The number of nitrogens with zero attached hydrogens (tertiary/aromatic N) is 3. The standard InChI is InChI=1S/C49H29N3/c1-3-12-30(13-4-1)35-22-21-34-28-32-16-7-8-17-33(32)29-40(34)44(35)39-19-11-27-50-48(39)45-36(31-14-5-2-6-15-31)23-25-42-46(45)47-43(51-42)26-24-38-37-18-9-10-20-41(37)52-49(38)47/h1-29H. The minimum Gasteiger partial charge on any atom is -0.256 e.